The van der Waals surface area contributed by atoms with Crippen LogP contribution in [0.15, 0.2) is 18.5 Å². The maximum absolute atomic E-state index is 13.0. The van der Waals surface area contributed by atoms with E-state index in [-0.39, 0.29) is 12.0 Å². The standard InChI is InChI=1S/C13H17F3N2/c1-17-12-5-3-2-4-9(12)10-8-18-7-6-11(10)13(14,15)16/h6-9,12,17H,2-5H2,1H3. The molecule has 1 fully saturated rings. The molecule has 0 radical (unpaired) electrons. The summed E-state index contributed by atoms with van der Waals surface area (Å²) in [5, 5.41) is 3.14. The molecular weight excluding hydrogens is 241 g/mol. The van der Waals surface area contributed by atoms with Crippen LogP contribution >= 0.6 is 0 Å². The minimum atomic E-state index is -4.30. The van der Waals surface area contributed by atoms with E-state index >= 15 is 0 Å². The van der Waals surface area contributed by atoms with E-state index in [1.165, 1.54) is 12.4 Å². The minimum absolute atomic E-state index is 0.0888. The van der Waals surface area contributed by atoms with Gasteiger partial charge < -0.3 is 5.32 Å². The Hall–Kier alpha value is -1.10. The Bertz CT molecular complexity index is 403. The summed E-state index contributed by atoms with van der Waals surface area (Å²) in [5.74, 6) is -0.0888. The van der Waals surface area contributed by atoms with E-state index in [1.807, 2.05) is 7.05 Å². The Labute approximate surface area is 105 Å². The van der Waals surface area contributed by atoms with E-state index in [0.29, 0.717) is 5.56 Å². The summed E-state index contributed by atoms with van der Waals surface area (Å²) < 4.78 is 39.0. The van der Waals surface area contributed by atoms with Crippen molar-refractivity contribution < 1.29 is 13.2 Å². The van der Waals surface area contributed by atoms with Crippen LogP contribution in [-0.4, -0.2) is 18.1 Å². The van der Waals surface area contributed by atoms with E-state index in [4.69, 9.17) is 0 Å². The van der Waals surface area contributed by atoms with Crippen molar-refractivity contribution in [3.8, 4) is 0 Å². The molecule has 2 unspecified atom stereocenters. The van der Waals surface area contributed by atoms with Crippen LogP contribution in [0.4, 0.5) is 13.2 Å². The Morgan fingerprint density at radius 2 is 2.00 bits per heavy atom. The Morgan fingerprint density at radius 1 is 1.28 bits per heavy atom. The van der Waals surface area contributed by atoms with E-state index in [1.54, 1.807) is 0 Å². The number of halogens is 3. The van der Waals surface area contributed by atoms with E-state index in [2.05, 4.69) is 10.3 Å². The number of pyridine rings is 1. The average molecular weight is 258 g/mol. The van der Waals surface area contributed by atoms with Crippen LogP contribution in [0.3, 0.4) is 0 Å². The lowest BCUT2D eigenvalue weighted by atomic mass is 9.79. The van der Waals surface area contributed by atoms with Crippen LogP contribution in [0.25, 0.3) is 0 Å². The predicted octanol–water partition coefficient (Wildman–Crippen LogP) is 3.35. The number of hydrogen-bond donors (Lipinski definition) is 1. The zero-order valence-electron chi connectivity index (χ0n) is 10.3. The zero-order valence-corrected chi connectivity index (χ0v) is 10.3. The minimum Gasteiger partial charge on any atom is -0.316 e. The lowest BCUT2D eigenvalue weighted by molar-refractivity contribution is -0.138. The molecule has 1 saturated carbocycles. The topological polar surface area (TPSA) is 24.9 Å². The molecule has 0 spiro atoms. The Morgan fingerprint density at radius 3 is 2.67 bits per heavy atom. The van der Waals surface area contributed by atoms with Crippen LogP contribution in [0.2, 0.25) is 0 Å². The van der Waals surface area contributed by atoms with Gasteiger partial charge in [-0.25, -0.2) is 0 Å². The van der Waals surface area contributed by atoms with E-state index < -0.39 is 11.7 Å². The van der Waals surface area contributed by atoms with Gasteiger partial charge in [0.15, 0.2) is 0 Å². The molecule has 1 aromatic rings. The lowest BCUT2D eigenvalue weighted by Crippen LogP contribution is -2.35. The van der Waals surface area contributed by atoms with Gasteiger partial charge in [0.05, 0.1) is 5.56 Å². The van der Waals surface area contributed by atoms with Crippen molar-refractivity contribution in [1.29, 1.82) is 0 Å². The molecule has 1 aromatic heterocycles. The molecule has 100 valence electrons. The van der Waals surface area contributed by atoms with Gasteiger partial charge in [0.1, 0.15) is 0 Å². The third kappa shape index (κ3) is 2.66. The maximum Gasteiger partial charge on any atom is 0.416 e. The van der Waals surface area contributed by atoms with Crippen molar-refractivity contribution in [2.75, 3.05) is 7.05 Å². The van der Waals surface area contributed by atoms with Crippen LogP contribution < -0.4 is 5.32 Å². The number of nitrogens with one attached hydrogen (secondary N) is 1. The van der Waals surface area contributed by atoms with Crippen molar-refractivity contribution in [3.63, 3.8) is 0 Å². The van der Waals surface area contributed by atoms with Gasteiger partial charge in [-0.05, 0) is 31.5 Å². The van der Waals surface area contributed by atoms with Gasteiger partial charge in [0.2, 0.25) is 0 Å². The van der Waals surface area contributed by atoms with E-state index in [9.17, 15) is 13.2 Å². The van der Waals surface area contributed by atoms with Crippen molar-refractivity contribution in [2.24, 2.45) is 0 Å². The number of rotatable bonds is 2. The molecule has 0 bridgehead atoms. The predicted molar refractivity (Wildman–Crippen MR) is 63.3 cm³/mol. The molecule has 1 aliphatic carbocycles. The first-order chi connectivity index (χ1) is 8.54. The van der Waals surface area contributed by atoms with Crippen molar-refractivity contribution in [1.82, 2.24) is 10.3 Å². The van der Waals surface area contributed by atoms with Crippen LogP contribution in [-0.2, 0) is 6.18 Å². The van der Waals surface area contributed by atoms with E-state index in [0.717, 1.165) is 31.7 Å². The number of likely N-dealkylation sites (N-methyl/N-ethyl adjacent to an activating group) is 1. The van der Waals surface area contributed by atoms with Crippen LogP contribution in [0.5, 0.6) is 0 Å². The van der Waals surface area contributed by atoms with Gasteiger partial charge in [0, 0.05) is 24.4 Å². The molecule has 0 aliphatic heterocycles. The number of nitrogens with zero attached hydrogens (tertiary/aromatic N) is 1. The molecule has 1 heterocycles. The Balaban J connectivity index is 2.37. The van der Waals surface area contributed by atoms with Gasteiger partial charge in [-0.2, -0.15) is 13.2 Å². The van der Waals surface area contributed by atoms with Crippen LogP contribution in [0, 0.1) is 0 Å². The summed E-state index contributed by atoms with van der Waals surface area (Å²) in [7, 11) is 1.81. The van der Waals surface area contributed by atoms with Crippen LogP contribution in [0.1, 0.15) is 42.7 Å². The highest BCUT2D eigenvalue weighted by molar-refractivity contribution is 5.31. The second-order valence-electron chi connectivity index (χ2n) is 4.75. The molecule has 1 N–H and O–H groups in total. The van der Waals surface area contributed by atoms with Crippen molar-refractivity contribution in [3.05, 3.63) is 29.6 Å². The fraction of sp³-hybridized carbons (Fsp3) is 0.615. The average Bonchev–Trinajstić information content (AvgIpc) is 2.37. The number of aromatic nitrogens is 1. The van der Waals surface area contributed by atoms with Gasteiger partial charge in [-0.15, -0.1) is 0 Å². The highest BCUT2D eigenvalue weighted by Gasteiger charge is 2.37. The largest absolute Gasteiger partial charge is 0.416 e. The maximum atomic E-state index is 13.0. The quantitative estimate of drug-likeness (QED) is 0.880. The third-order valence-electron chi connectivity index (χ3n) is 3.69. The first-order valence-electron chi connectivity index (χ1n) is 6.22. The first kappa shape index (κ1) is 13.3. The SMILES string of the molecule is CNC1CCCCC1c1cnccc1C(F)(F)F. The summed E-state index contributed by atoms with van der Waals surface area (Å²) in [5.41, 5.74) is -0.200. The first-order valence-corrected chi connectivity index (χ1v) is 6.22. The normalized spacial score (nSPS) is 25.1. The summed E-state index contributed by atoms with van der Waals surface area (Å²) in [6, 6.07) is 1.19. The molecule has 0 aromatic carbocycles. The smallest absolute Gasteiger partial charge is 0.316 e. The lowest BCUT2D eigenvalue weighted by Gasteiger charge is -2.32. The Kier molecular flexibility index (Phi) is 3.90. The number of hydrogen-bond acceptors (Lipinski definition) is 2. The number of alkyl halides is 3. The van der Waals surface area contributed by atoms with Gasteiger partial charge in [-0.3, -0.25) is 4.98 Å². The molecular formula is C13H17F3N2. The summed E-state index contributed by atoms with van der Waals surface area (Å²) >= 11 is 0. The molecule has 0 amide bonds. The molecule has 1 aliphatic rings. The van der Waals surface area contributed by atoms with Gasteiger partial charge in [0.25, 0.3) is 0 Å². The van der Waals surface area contributed by atoms with Crippen molar-refractivity contribution in [2.45, 2.75) is 43.8 Å². The highest BCUT2D eigenvalue weighted by atomic mass is 19.4. The molecule has 0 saturated heterocycles. The monoisotopic (exact) mass is 258 g/mol. The van der Waals surface area contributed by atoms with Gasteiger partial charge in [-0.1, -0.05) is 12.8 Å². The second kappa shape index (κ2) is 5.26. The molecule has 2 nitrogen and oxygen atoms in total. The zero-order chi connectivity index (χ0) is 13.2. The molecule has 2 atom stereocenters. The molecule has 2 rings (SSSR count). The summed E-state index contributed by atoms with van der Waals surface area (Å²) in [6.45, 7) is 0. The second-order valence-corrected chi connectivity index (χ2v) is 4.75. The molecule has 5 heteroatoms. The summed E-state index contributed by atoms with van der Waals surface area (Å²) in [4.78, 5) is 3.88. The van der Waals surface area contributed by atoms with Gasteiger partial charge >= 0.3 is 6.18 Å². The molecule has 18 heavy (non-hydrogen) atoms. The highest BCUT2D eigenvalue weighted by Crippen LogP contribution is 2.40. The fourth-order valence-electron chi connectivity index (χ4n) is 2.81. The van der Waals surface area contributed by atoms with Crippen molar-refractivity contribution >= 4 is 0 Å². The summed E-state index contributed by atoms with van der Waals surface area (Å²) in [6.07, 6.45) is 2.06. The third-order valence-corrected chi connectivity index (χ3v) is 3.69. The fourth-order valence-corrected chi connectivity index (χ4v) is 2.81.